The molecule has 2 N–H and O–H groups in total. The van der Waals surface area contributed by atoms with Crippen LogP contribution in [0.5, 0.6) is 0 Å². The van der Waals surface area contributed by atoms with Crippen molar-refractivity contribution >= 4 is 17.5 Å². The Balaban J connectivity index is 1.65. The number of carbonyl (C=O) groups excluding carboxylic acids is 2. The highest BCUT2D eigenvalue weighted by Gasteiger charge is 2.34. The minimum Gasteiger partial charge on any atom is -0.386 e. The second-order valence-electron chi connectivity index (χ2n) is 7.01. The Hall–Kier alpha value is -2.70. The van der Waals surface area contributed by atoms with Crippen molar-refractivity contribution in [1.29, 1.82) is 0 Å². The Morgan fingerprint density at radius 1 is 1.21 bits per heavy atom. The van der Waals surface area contributed by atoms with Crippen LogP contribution in [0, 0.1) is 0 Å². The van der Waals surface area contributed by atoms with Gasteiger partial charge in [0, 0.05) is 19.2 Å². The summed E-state index contributed by atoms with van der Waals surface area (Å²) < 4.78 is 5.40. The van der Waals surface area contributed by atoms with Gasteiger partial charge in [0.05, 0.1) is 12.6 Å². The zero-order chi connectivity index (χ0) is 19.9. The number of aliphatic hydroxyl groups excluding tert-OH is 1. The monoisotopic (exact) mass is 382 g/mol. The lowest BCUT2D eigenvalue weighted by Crippen LogP contribution is -2.52. The van der Waals surface area contributed by atoms with E-state index in [-0.39, 0.29) is 18.4 Å². The number of nitrogens with zero attached hydrogens (tertiary/aromatic N) is 1. The number of hydrogen-bond donors (Lipinski definition) is 2. The molecule has 1 fully saturated rings. The number of anilines is 1. The maximum Gasteiger partial charge on any atom is 0.248 e. The number of amides is 2. The topological polar surface area (TPSA) is 78.9 Å². The second kappa shape index (κ2) is 9.48. The second-order valence-corrected chi connectivity index (χ2v) is 7.01. The van der Waals surface area contributed by atoms with Crippen LogP contribution in [0.1, 0.15) is 30.6 Å². The average Bonchev–Trinajstić information content (AvgIpc) is 2.69. The number of rotatable bonds is 7. The molecule has 0 radical (unpaired) electrons. The molecule has 6 nitrogen and oxygen atoms in total. The molecule has 3 rings (SSSR count). The fourth-order valence-corrected chi connectivity index (χ4v) is 3.46. The van der Waals surface area contributed by atoms with E-state index in [1.54, 1.807) is 29.2 Å². The van der Waals surface area contributed by atoms with Gasteiger partial charge in [-0.25, -0.2) is 0 Å². The number of aliphatic hydroxyl groups is 1. The Morgan fingerprint density at radius 2 is 1.93 bits per heavy atom. The van der Waals surface area contributed by atoms with Crippen LogP contribution in [0.15, 0.2) is 54.6 Å². The fourth-order valence-electron chi connectivity index (χ4n) is 3.46. The number of morpholine rings is 1. The highest BCUT2D eigenvalue weighted by atomic mass is 16.5. The van der Waals surface area contributed by atoms with Gasteiger partial charge in [-0.15, -0.1) is 0 Å². The van der Waals surface area contributed by atoms with Gasteiger partial charge in [-0.05, 0) is 36.1 Å². The summed E-state index contributed by atoms with van der Waals surface area (Å²) in [5, 5.41) is 13.6. The number of nitrogens with one attached hydrogen (secondary N) is 1. The average molecular weight is 382 g/mol. The summed E-state index contributed by atoms with van der Waals surface area (Å²) in [5.41, 5.74) is 2.58. The van der Waals surface area contributed by atoms with E-state index in [4.69, 9.17) is 4.74 Å². The standard InChI is InChI=1S/C22H26N2O4/c1-16(25)23-19-11-9-18(10-12-19)22(27)20-14-28-15-21(26)24(20)13-5-8-17-6-3-2-4-7-17/h2-4,6-7,9-12,20,22,27H,5,8,13-15H2,1H3,(H,23,25)/t20-,22-/m1/s1. The predicted octanol–water partition coefficient (Wildman–Crippen LogP) is 2.54. The van der Waals surface area contributed by atoms with Crippen LogP contribution in [0.4, 0.5) is 5.69 Å². The molecule has 28 heavy (non-hydrogen) atoms. The Morgan fingerprint density at radius 3 is 2.61 bits per heavy atom. The summed E-state index contributed by atoms with van der Waals surface area (Å²) >= 11 is 0. The Kier molecular flexibility index (Phi) is 6.79. The van der Waals surface area contributed by atoms with Gasteiger partial charge in [-0.1, -0.05) is 42.5 Å². The van der Waals surface area contributed by atoms with E-state index in [9.17, 15) is 14.7 Å². The van der Waals surface area contributed by atoms with Gasteiger partial charge < -0.3 is 20.1 Å². The molecule has 2 atom stereocenters. The molecule has 2 aromatic rings. The lowest BCUT2D eigenvalue weighted by atomic mass is 9.99. The van der Waals surface area contributed by atoms with Crippen LogP contribution in [0.25, 0.3) is 0 Å². The quantitative estimate of drug-likeness (QED) is 0.771. The summed E-state index contributed by atoms with van der Waals surface area (Å²) in [6.45, 7) is 2.37. The summed E-state index contributed by atoms with van der Waals surface area (Å²) in [6, 6.07) is 16.7. The van der Waals surface area contributed by atoms with Crippen molar-refractivity contribution < 1.29 is 19.4 Å². The van der Waals surface area contributed by atoms with Crippen LogP contribution in [-0.2, 0) is 20.7 Å². The molecule has 148 valence electrons. The van der Waals surface area contributed by atoms with E-state index < -0.39 is 12.1 Å². The number of carbonyl (C=O) groups is 2. The highest BCUT2D eigenvalue weighted by molar-refractivity contribution is 5.88. The van der Waals surface area contributed by atoms with Gasteiger partial charge in [-0.2, -0.15) is 0 Å². The van der Waals surface area contributed by atoms with Crippen molar-refractivity contribution in [2.45, 2.75) is 31.9 Å². The van der Waals surface area contributed by atoms with Crippen molar-refractivity contribution in [2.24, 2.45) is 0 Å². The molecule has 2 amide bonds. The van der Waals surface area contributed by atoms with Gasteiger partial charge in [0.2, 0.25) is 11.8 Å². The molecule has 1 aliphatic rings. The lowest BCUT2D eigenvalue weighted by Gasteiger charge is -2.38. The van der Waals surface area contributed by atoms with Gasteiger partial charge >= 0.3 is 0 Å². The first-order chi connectivity index (χ1) is 13.5. The number of aryl methyl sites for hydroxylation is 1. The van der Waals surface area contributed by atoms with E-state index in [2.05, 4.69) is 17.4 Å². The largest absolute Gasteiger partial charge is 0.386 e. The molecule has 1 aliphatic heterocycles. The van der Waals surface area contributed by atoms with Gasteiger partial charge in [0.1, 0.15) is 12.7 Å². The van der Waals surface area contributed by atoms with E-state index in [0.29, 0.717) is 24.4 Å². The summed E-state index contributed by atoms with van der Waals surface area (Å²) in [7, 11) is 0. The maximum atomic E-state index is 12.4. The van der Waals surface area contributed by atoms with Crippen molar-refractivity contribution in [3.05, 3.63) is 65.7 Å². The van der Waals surface area contributed by atoms with Crippen molar-refractivity contribution in [1.82, 2.24) is 4.90 Å². The molecule has 1 heterocycles. The zero-order valence-corrected chi connectivity index (χ0v) is 16.0. The smallest absolute Gasteiger partial charge is 0.248 e. The summed E-state index contributed by atoms with van der Waals surface area (Å²) in [4.78, 5) is 25.3. The third-order valence-electron chi connectivity index (χ3n) is 4.88. The molecule has 1 saturated heterocycles. The Bertz CT molecular complexity index is 792. The lowest BCUT2D eigenvalue weighted by molar-refractivity contribution is -0.154. The van der Waals surface area contributed by atoms with E-state index >= 15 is 0 Å². The van der Waals surface area contributed by atoms with Crippen molar-refractivity contribution in [3.63, 3.8) is 0 Å². The van der Waals surface area contributed by atoms with Crippen LogP contribution in [0.2, 0.25) is 0 Å². The van der Waals surface area contributed by atoms with Crippen molar-refractivity contribution in [3.8, 4) is 0 Å². The van der Waals surface area contributed by atoms with E-state index in [1.165, 1.54) is 12.5 Å². The van der Waals surface area contributed by atoms with Crippen LogP contribution in [-0.4, -0.2) is 47.6 Å². The molecule has 0 saturated carbocycles. The third-order valence-corrected chi connectivity index (χ3v) is 4.88. The molecule has 0 unspecified atom stereocenters. The van der Waals surface area contributed by atoms with E-state index in [1.807, 2.05) is 18.2 Å². The minimum atomic E-state index is -0.854. The first-order valence-electron chi connectivity index (χ1n) is 9.51. The summed E-state index contributed by atoms with van der Waals surface area (Å²) in [6.07, 6.45) is 0.840. The number of hydrogen-bond acceptors (Lipinski definition) is 4. The first-order valence-corrected chi connectivity index (χ1v) is 9.51. The number of ether oxygens (including phenoxy) is 1. The predicted molar refractivity (Wildman–Crippen MR) is 107 cm³/mol. The molecule has 0 aliphatic carbocycles. The van der Waals surface area contributed by atoms with Gasteiger partial charge in [0.25, 0.3) is 0 Å². The highest BCUT2D eigenvalue weighted by Crippen LogP contribution is 2.25. The van der Waals surface area contributed by atoms with Gasteiger partial charge in [-0.3, -0.25) is 9.59 Å². The fraction of sp³-hybridized carbons (Fsp3) is 0.364. The van der Waals surface area contributed by atoms with Crippen LogP contribution in [0.3, 0.4) is 0 Å². The van der Waals surface area contributed by atoms with Crippen LogP contribution < -0.4 is 5.32 Å². The molecule has 0 aromatic heterocycles. The first kappa shape index (κ1) is 20.0. The van der Waals surface area contributed by atoms with Gasteiger partial charge in [0.15, 0.2) is 0 Å². The molecular weight excluding hydrogens is 356 g/mol. The van der Waals surface area contributed by atoms with Crippen LogP contribution >= 0.6 is 0 Å². The molecule has 6 heteroatoms. The minimum absolute atomic E-state index is 0.0516. The van der Waals surface area contributed by atoms with Crippen molar-refractivity contribution in [2.75, 3.05) is 25.1 Å². The number of benzene rings is 2. The Labute approximate surface area is 165 Å². The SMILES string of the molecule is CC(=O)Nc1ccc([C@@H](O)[C@H]2COCC(=O)N2CCCc2ccccc2)cc1. The third kappa shape index (κ3) is 5.18. The maximum absolute atomic E-state index is 12.4. The molecular formula is C22H26N2O4. The molecule has 0 spiro atoms. The molecule has 0 bridgehead atoms. The zero-order valence-electron chi connectivity index (χ0n) is 16.0. The summed E-state index contributed by atoms with van der Waals surface area (Å²) in [5.74, 6) is -0.248. The molecule has 2 aromatic carbocycles. The van der Waals surface area contributed by atoms with E-state index in [0.717, 1.165) is 12.8 Å². The normalized spacial score (nSPS) is 18.0.